The molecular weight excluding hydrogens is 324 g/mol. The van der Waals surface area contributed by atoms with Crippen LogP contribution >= 0.6 is 0 Å². The van der Waals surface area contributed by atoms with Gasteiger partial charge in [-0.1, -0.05) is 17.7 Å². The van der Waals surface area contributed by atoms with E-state index in [4.69, 9.17) is 0 Å². The van der Waals surface area contributed by atoms with E-state index in [1.165, 1.54) is 16.8 Å². The normalized spacial score (nSPS) is 19.9. The van der Waals surface area contributed by atoms with Crippen LogP contribution in [-0.4, -0.2) is 77.7 Å². The van der Waals surface area contributed by atoms with Gasteiger partial charge in [0.2, 0.25) is 5.91 Å². The highest BCUT2D eigenvalue weighted by Crippen LogP contribution is 2.20. The first-order valence-corrected chi connectivity index (χ1v) is 8.09. The molecule has 0 saturated carbocycles. The van der Waals surface area contributed by atoms with Crippen LogP contribution in [0.2, 0.25) is 0 Å². The zero-order chi connectivity index (χ0) is 18.1. The molecule has 2 aliphatic heterocycles. The van der Waals surface area contributed by atoms with Gasteiger partial charge in [0, 0.05) is 25.7 Å². The van der Waals surface area contributed by atoms with E-state index < -0.39 is 6.04 Å². The maximum Gasteiger partial charge on any atom is 0.327 e. The fraction of sp³-hybridized carbons (Fsp3) is 0.412. The van der Waals surface area contributed by atoms with E-state index in [0.29, 0.717) is 18.7 Å². The number of nitrogens with zero attached hydrogens (tertiary/aromatic N) is 3. The summed E-state index contributed by atoms with van der Waals surface area (Å²) in [5.41, 5.74) is 1.53. The molecule has 1 aromatic rings. The lowest BCUT2D eigenvalue weighted by atomic mass is 10.1. The maximum atomic E-state index is 12.3. The number of fused-ring (bicyclic) bond motifs is 1. The molecule has 132 valence electrons. The molecule has 1 unspecified atom stereocenters. The van der Waals surface area contributed by atoms with Crippen LogP contribution in [0.25, 0.3) is 0 Å². The van der Waals surface area contributed by atoms with Crippen LogP contribution in [0, 0.1) is 6.92 Å². The minimum absolute atomic E-state index is 0.141. The third-order valence-electron chi connectivity index (χ3n) is 4.60. The molecule has 2 heterocycles. The number of carbonyl (C=O) groups excluding carboxylic acids is 4. The maximum absolute atomic E-state index is 12.3. The van der Waals surface area contributed by atoms with E-state index in [0.717, 1.165) is 10.5 Å². The van der Waals surface area contributed by atoms with Crippen molar-refractivity contribution in [2.45, 2.75) is 13.0 Å². The number of hydrogen-bond acceptors (Lipinski definition) is 4. The smallest absolute Gasteiger partial charge is 0.327 e. The lowest BCUT2D eigenvalue weighted by Crippen LogP contribution is -2.56. The van der Waals surface area contributed by atoms with E-state index in [2.05, 4.69) is 5.32 Å². The highest BCUT2D eigenvalue weighted by molar-refractivity contribution is 6.04. The summed E-state index contributed by atoms with van der Waals surface area (Å²) in [6, 6.07) is 6.11. The van der Waals surface area contributed by atoms with Crippen molar-refractivity contribution in [1.29, 1.82) is 0 Å². The number of benzene rings is 1. The average Bonchev–Trinajstić information content (AvgIpc) is 2.84. The third kappa shape index (κ3) is 3.19. The lowest BCUT2D eigenvalue weighted by molar-refractivity contribution is -0.135. The number of rotatable bonds is 3. The van der Waals surface area contributed by atoms with E-state index in [1.54, 1.807) is 12.1 Å². The molecule has 5 amide bonds. The molecule has 1 aromatic carbocycles. The van der Waals surface area contributed by atoms with Crippen molar-refractivity contribution in [2.24, 2.45) is 0 Å². The minimum atomic E-state index is -0.622. The molecule has 3 rings (SSSR count). The van der Waals surface area contributed by atoms with Gasteiger partial charge >= 0.3 is 6.03 Å². The SMILES string of the molecule is Cc1ccc(C(=O)NCC(=O)N2CCN3C(=O)N(C)C(=O)C3C2)cc1. The number of hydrogen-bond donors (Lipinski definition) is 1. The van der Waals surface area contributed by atoms with Gasteiger partial charge in [0.05, 0.1) is 13.1 Å². The molecule has 8 nitrogen and oxygen atoms in total. The Morgan fingerprint density at radius 2 is 1.84 bits per heavy atom. The largest absolute Gasteiger partial charge is 0.343 e. The fourth-order valence-corrected chi connectivity index (χ4v) is 3.03. The zero-order valence-electron chi connectivity index (χ0n) is 14.2. The predicted molar refractivity (Wildman–Crippen MR) is 88.8 cm³/mol. The molecule has 0 aliphatic carbocycles. The molecule has 25 heavy (non-hydrogen) atoms. The molecule has 0 spiro atoms. The van der Waals surface area contributed by atoms with Crippen LogP contribution in [0.3, 0.4) is 0 Å². The number of urea groups is 1. The first-order chi connectivity index (χ1) is 11.9. The van der Waals surface area contributed by atoms with Gasteiger partial charge in [-0.3, -0.25) is 19.3 Å². The van der Waals surface area contributed by atoms with Gasteiger partial charge in [0.15, 0.2) is 0 Å². The van der Waals surface area contributed by atoms with Gasteiger partial charge in [-0.05, 0) is 19.1 Å². The van der Waals surface area contributed by atoms with Crippen molar-refractivity contribution in [3.63, 3.8) is 0 Å². The van der Waals surface area contributed by atoms with E-state index in [9.17, 15) is 19.2 Å². The Hall–Kier alpha value is -2.90. The average molecular weight is 344 g/mol. The van der Waals surface area contributed by atoms with E-state index >= 15 is 0 Å². The van der Waals surface area contributed by atoms with Crippen molar-refractivity contribution < 1.29 is 19.2 Å². The number of likely N-dealkylation sites (N-methyl/N-ethyl adjacent to an activating group) is 1. The number of nitrogens with one attached hydrogen (secondary N) is 1. The molecule has 2 aliphatic rings. The summed E-state index contributed by atoms with van der Waals surface area (Å²) < 4.78 is 0. The Bertz CT molecular complexity index is 731. The van der Waals surface area contributed by atoms with Crippen LogP contribution in [0.5, 0.6) is 0 Å². The van der Waals surface area contributed by atoms with Crippen LogP contribution in [0.4, 0.5) is 4.79 Å². The Balaban J connectivity index is 1.56. The summed E-state index contributed by atoms with van der Waals surface area (Å²) in [5, 5.41) is 2.60. The van der Waals surface area contributed by atoms with Gasteiger partial charge < -0.3 is 15.1 Å². The fourth-order valence-electron chi connectivity index (χ4n) is 3.03. The molecular formula is C17H20N4O4. The standard InChI is InChI=1S/C17H20N4O4/c1-11-3-5-12(6-4-11)15(23)18-9-14(22)20-7-8-21-13(10-20)16(24)19(2)17(21)25/h3-6,13H,7-10H2,1-2H3,(H,18,23). The molecule has 2 fully saturated rings. The first kappa shape index (κ1) is 16.9. The van der Waals surface area contributed by atoms with Crippen molar-refractivity contribution in [2.75, 3.05) is 33.2 Å². The topological polar surface area (TPSA) is 90.0 Å². The van der Waals surface area contributed by atoms with Gasteiger partial charge in [0.1, 0.15) is 6.04 Å². The van der Waals surface area contributed by atoms with Gasteiger partial charge in [-0.2, -0.15) is 0 Å². The Kier molecular flexibility index (Phi) is 4.43. The summed E-state index contributed by atoms with van der Waals surface area (Å²) in [6.45, 7) is 2.61. The first-order valence-electron chi connectivity index (χ1n) is 8.09. The summed E-state index contributed by atoms with van der Waals surface area (Å²) >= 11 is 0. The summed E-state index contributed by atoms with van der Waals surface area (Å²) in [7, 11) is 1.44. The molecule has 0 radical (unpaired) electrons. The third-order valence-corrected chi connectivity index (χ3v) is 4.60. The monoisotopic (exact) mass is 344 g/mol. The second-order valence-electron chi connectivity index (χ2n) is 6.28. The number of aryl methyl sites for hydroxylation is 1. The van der Waals surface area contributed by atoms with E-state index in [1.807, 2.05) is 19.1 Å². The lowest BCUT2D eigenvalue weighted by Gasteiger charge is -2.35. The van der Waals surface area contributed by atoms with Crippen LogP contribution < -0.4 is 5.32 Å². The van der Waals surface area contributed by atoms with Gasteiger partial charge in [-0.25, -0.2) is 4.79 Å². The number of amides is 5. The highest BCUT2D eigenvalue weighted by atomic mass is 16.2. The van der Waals surface area contributed by atoms with Crippen LogP contribution in [0.1, 0.15) is 15.9 Å². The van der Waals surface area contributed by atoms with Crippen molar-refractivity contribution in [3.05, 3.63) is 35.4 Å². The predicted octanol–water partition coefficient (Wildman–Crippen LogP) is -0.170. The molecule has 0 bridgehead atoms. The Labute approximate surface area is 145 Å². The molecule has 0 aromatic heterocycles. The molecule has 1 atom stereocenters. The Morgan fingerprint density at radius 3 is 2.52 bits per heavy atom. The zero-order valence-corrected chi connectivity index (χ0v) is 14.2. The van der Waals surface area contributed by atoms with Gasteiger partial charge in [-0.15, -0.1) is 0 Å². The molecule has 1 N–H and O–H groups in total. The highest BCUT2D eigenvalue weighted by Gasteiger charge is 2.46. The number of carbonyl (C=O) groups is 4. The quantitative estimate of drug-likeness (QED) is 0.771. The summed E-state index contributed by atoms with van der Waals surface area (Å²) in [4.78, 5) is 52.4. The van der Waals surface area contributed by atoms with Crippen molar-refractivity contribution >= 4 is 23.8 Å². The van der Waals surface area contributed by atoms with Crippen molar-refractivity contribution in [3.8, 4) is 0 Å². The second-order valence-corrected chi connectivity index (χ2v) is 6.28. The Morgan fingerprint density at radius 1 is 1.16 bits per heavy atom. The molecule has 2 saturated heterocycles. The van der Waals surface area contributed by atoms with E-state index in [-0.39, 0.29) is 36.8 Å². The number of imide groups is 1. The summed E-state index contributed by atoms with van der Waals surface area (Å²) in [5.74, 6) is -0.889. The van der Waals surface area contributed by atoms with Gasteiger partial charge in [0.25, 0.3) is 11.8 Å². The number of piperazine rings is 1. The molecule has 8 heteroatoms. The minimum Gasteiger partial charge on any atom is -0.343 e. The van der Waals surface area contributed by atoms with Crippen LogP contribution in [-0.2, 0) is 9.59 Å². The van der Waals surface area contributed by atoms with Crippen molar-refractivity contribution in [1.82, 2.24) is 20.0 Å². The second kappa shape index (κ2) is 6.54. The van der Waals surface area contributed by atoms with Crippen LogP contribution in [0.15, 0.2) is 24.3 Å². The summed E-state index contributed by atoms with van der Waals surface area (Å²) in [6.07, 6.45) is 0.